The molecule has 0 spiro atoms. The van der Waals surface area contributed by atoms with Crippen molar-refractivity contribution in [3.05, 3.63) is 16.6 Å². The van der Waals surface area contributed by atoms with Gasteiger partial charge in [0.05, 0.1) is 18.7 Å². The Morgan fingerprint density at radius 2 is 2.64 bits per heavy atom. The minimum absolute atomic E-state index is 0.0706. The molecule has 1 aliphatic rings. The van der Waals surface area contributed by atoms with Crippen molar-refractivity contribution >= 4 is 17.1 Å². The number of ether oxygens (including phenoxy) is 2. The van der Waals surface area contributed by atoms with Crippen LogP contribution in [0.1, 0.15) is 16.9 Å². The molecule has 0 aliphatic carbocycles. The normalized spacial score (nSPS) is 26.6. The predicted molar refractivity (Wildman–Crippen MR) is 51.6 cm³/mol. The van der Waals surface area contributed by atoms with E-state index in [-0.39, 0.29) is 5.78 Å². The quantitative estimate of drug-likeness (QED) is 0.706. The fourth-order valence-electron chi connectivity index (χ4n) is 1.54. The lowest BCUT2D eigenvalue weighted by Gasteiger charge is -2.22. The smallest absolute Gasteiger partial charge is 0.216 e. The van der Waals surface area contributed by atoms with E-state index in [0.29, 0.717) is 25.3 Å². The molecule has 0 amide bonds. The molecule has 5 heteroatoms. The van der Waals surface area contributed by atoms with E-state index in [2.05, 4.69) is 4.98 Å². The molecule has 4 nitrogen and oxygen atoms in total. The van der Waals surface area contributed by atoms with Gasteiger partial charge in [-0.25, -0.2) is 4.98 Å². The summed E-state index contributed by atoms with van der Waals surface area (Å²) in [6.07, 6.45) is 0.611. The second-order valence-corrected chi connectivity index (χ2v) is 3.92. The Labute approximate surface area is 85.9 Å². The highest BCUT2D eigenvalue weighted by atomic mass is 32.1. The summed E-state index contributed by atoms with van der Waals surface area (Å²) in [5.74, 6) is -0.0706. The SMILES string of the molecule is COC1(C(=O)c2cscn2)CCOC1. The van der Waals surface area contributed by atoms with E-state index in [1.54, 1.807) is 18.0 Å². The van der Waals surface area contributed by atoms with E-state index in [9.17, 15) is 4.79 Å². The summed E-state index contributed by atoms with van der Waals surface area (Å²) in [5, 5.41) is 1.74. The Balaban J connectivity index is 2.24. The molecule has 14 heavy (non-hydrogen) atoms. The highest BCUT2D eigenvalue weighted by Crippen LogP contribution is 2.26. The van der Waals surface area contributed by atoms with Gasteiger partial charge in [0.1, 0.15) is 5.69 Å². The highest BCUT2D eigenvalue weighted by molar-refractivity contribution is 7.07. The molecule has 0 bridgehead atoms. The van der Waals surface area contributed by atoms with Gasteiger partial charge in [0, 0.05) is 18.9 Å². The largest absolute Gasteiger partial charge is 0.378 e. The summed E-state index contributed by atoms with van der Waals surface area (Å²) in [4.78, 5) is 16.0. The maximum absolute atomic E-state index is 12.0. The minimum atomic E-state index is -0.798. The lowest BCUT2D eigenvalue weighted by Crippen LogP contribution is -2.41. The number of rotatable bonds is 3. The molecule has 76 valence electrons. The number of carbonyl (C=O) groups excluding carboxylic acids is 1. The molecule has 1 aliphatic heterocycles. The van der Waals surface area contributed by atoms with Crippen molar-refractivity contribution in [2.45, 2.75) is 12.0 Å². The summed E-state index contributed by atoms with van der Waals surface area (Å²) < 4.78 is 10.5. The van der Waals surface area contributed by atoms with Gasteiger partial charge in [0.25, 0.3) is 0 Å². The predicted octanol–water partition coefficient (Wildman–Crippen LogP) is 1.13. The molecule has 0 saturated carbocycles. The molecule has 1 fully saturated rings. The van der Waals surface area contributed by atoms with Gasteiger partial charge < -0.3 is 9.47 Å². The molecule has 0 N–H and O–H groups in total. The van der Waals surface area contributed by atoms with Crippen LogP contribution in [-0.4, -0.2) is 36.7 Å². The number of ketones is 1. The summed E-state index contributed by atoms with van der Waals surface area (Å²) in [6.45, 7) is 0.906. The van der Waals surface area contributed by atoms with Crippen LogP contribution in [0.3, 0.4) is 0 Å². The average Bonchev–Trinajstić information content (AvgIpc) is 2.89. The van der Waals surface area contributed by atoms with Crippen LogP contribution in [0.5, 0.6) is 0 Å². The first-order valence-electron chi connectivity index (χ1n) is 4.34. The van der Waals surface area contributed by atoms with Crippen molar-refractivity contribution in [2.24, 2.45) is 0 Å². The second-order valence-electron chi connectivity index (χ2n) is 3.20. The molecule has 1 aromatic heterocycles. The number of aromatic nitrogens is 1. The van der Waals surface area contributed by atoms with Crippen molar-refractivity contribution in [1.29, 1.82) is 0 Å². The van der Waals surface area contributed by atoms with E-state index in [1.807, 2.05) is 0 Å². The molecule has 0 radical (unpaired) electrons. The van der Waals surface area contributed by atoms with Crippen molar-refractivity contribution in [3.63, 3.8) is 0 Å². The Hall–Kier alpha value is -0.780. The molecule has 1 aromatic rings. The minimum Gasteiger partial charge on any atom is -0.378 e. The standard InChI is InChI=1S/C9H11NO3S/c1-12-9(2-3-13-5-9)8(11)7-4-14-6-10-7/h4,6H,2-3,5H2,1H3. The maximum atomic E-state index is 12.0. The monoisotopic (exact) mass is 213 g/mol. The molecule has 1 saturated heterocycles. The fourth-order valence-corrected chi connectivity index (χ4v) is 2.07. The third-order valence-electron chi connectivity index (χ3n) is 2.45. The van der Waals surface area contributed by atoms with Gasteiger partial charge in [0.15, 0.2) is 5.60 Å². The van der Waals surface area contributed by atoms with Gasteiger partial charge in [-0.2, -0.15) is 0 Å². The van der Waals surface area contributed by atoms with E-state index in [0.717, 1.165) is 0 Å². The first-order valence-corrected chi connectivity index (χ1v) is 5.29. The van der Waals surface area contributed by atoms with E-state index >= 15 is 0 Å². The first-order chi connectivity index (χ1) is 6.78. The van der Waals surface area contributed by atoms with Gasteiger partial charge >= 0.3 is 0 Å². The van der Waals surface area contributed by atoms with Gasteiger partial charge in [-0.05, 0) is 0 Å². The van der Waals surface area contributed by atoms with E-state index in [4.69, 9.17) is 9.47 Å². The summed E-state index contributed by atoms with van der Waals surface area (Å²) in [7, 11) is 1.54. The zero-order valence-electron chi connectivity index (χ0n) is 7.86. The van der Waals surface area contributed by atoms with E-state index < -0.39 is 5.60 Å². The number of carbonyl (C=O) groups is 1. The van der Waals surface area contributed by atoms with Crippen molar-refractivity contribution in [3.8, 4) is 0 Å². The molecular weight excluding hydrogens is 202 g/mol. The number of hydrogen-bond donors (Lipinski definition) is 0. The third kappa shape index (κ3) is 1.47. The maximum Gasteiger partial charge on any atom is 0.216 e. The highest BCUT2D eigenvalue weighted by Gasteiger charge is 2.43. The van der Waals surface area contributed by atoms with Crippen LogP contribution in [0.2, 0.25) is 0 Å². The number of methoxy groups -OCH3 is 1. The van der Waals surface area contributed by atoms with Gasteiger partial charge in [-0.3, -0.25) is 4.79 Å². The number of thiazole rings is 1. The average molecular weight is 213 g/mol. The second kappa shape index (κ2) is 3.76. The fraction of sp³-hybridized carbons (Fsp3) is 0.556. The summed E-state index contributed by atoms with van der Waals surface area (Å²) in [5.41, 5.74) is 1.32. The van der Waals surface area contributed by atoms with Crippen LogP contribution in [0.15, 0.2) is 10.9 Å². The zero-order chi connectivity index (χ0) is 10.0. The first kappa shape index (κ1) is 9.76. The number of hydrogen-bond acceptors (Lipinski definition) is 5. The number of nitrogens with zero attached hydrogens (tertiary/aromatic N) is 1. The van der Waals surface area contributed by atoms with Gasteiger partial charge in [0.2, 0.25) is 5.78 Å². The van der Waals surface area contributed by atoms with Crippen LogP contribution in [0, 0.1) is 0 Å². The molecule has 0 aromatic carbocycles. The van der Waals surface area contributed by atoms with Crippen LogP contribution in [0.4, 0.5) is 0 Å². The Kier molecular flexibility index (Phi) is 2.62. The molecular formula is C9H11NO3S. The van der Waals surface area contributed by atoms with Crippen molar-refractivity contribution in [1.82, 2.24) is 4.98 Å². The van der Waals surface area contributed by atoms with Gasteiger partial charge in [-0.1, -0.05) is 0 Å². The Morgan fingerprint density at radius 1 is 1.79 bits per heavy atom. The molecule has 2 rings (SSSR count). The number of Topliss-reactive ketones (excluding diaryl/α,β-unsaturated/α-hetero) is 1. The Bertz CT molecular complexity index is 317. The van der Waals surface area contributed by atoms with E-state index in [1.165, 1.54) is 11.3 Å². The van der Waals surface area contributed by atoms with Crippen LogP contribution in [-0.2, 0) is 9.47 Å². The lowest BCUT2D eigenvalue weighted by molar-refractivity contribution is -0.00372. The van der Waals surface area contributed by atoms with Crippen LogP contribution >= 0.6 is 11.3 Å². The Morgan fingerprint density at radius 3 is 3.14 bits per heavy atom. The van der Waals surface area contributed by atoms with Gasteiger partial charge in [-0.15, -0.1) is 11.3 Å². The molecule has 2 heterocycles. The van der Waals surface area contributed by atoms with Crippen LogP contribution in [0.25, 0.3) is 0 Å². The van der Waals surface area contributed by atoms with Crippen LogP contribution < -0.4 is 0 Å². The topological polar surface area (TPSA) is 48.4 Å². The lowest BCUT2D eigenvalue weighted by atomic mass is 9.95. The molecule has 1 unspecified atom stereocenters. The zero-order valence-corrected chi connectivity index (χ0v) is 8.67. The van der Waals surface area contributed by atoms with Crippen molar-refractivity contribution < 1.29 is 14.3 Å². The third-order valence-corrected chi connectivity index (χ3v) is 3.04. The summed E-state index contributed by atoms with van der Waals surface area (Å²) in [6, 6.07) is 0. The van der Waals surface area contributed by atoms with Crippen molar-refractivity contribution in [2.75, 3.05) is 20.3 Å². The summed E-state index contributed by atoms with van der Waals surface area (Å²) >= 11 is 1.41. The molecule has 1 atom stereocenters.